The van der Waals surface area contributed by atoms with Crippen LogP contribution in [0.15, 0.2) is 48.1 Å². The summed E-state index contributed by atoms with van der Waals surface area (Å²) in [5, 5.41) is 0. The van der Waals surface area contributed by atoms with Crippen LogP contribution in [-0.2, 0) is 0 Å². The predicted molar refractivity (Wildman–Crippen MR) is 105 cm³/mol. The van der Waals surface area contributed by atoms with Crippen LogP contribution in [-0.4, -0.2) is 43.4 Å². The summed E-state index contributed by atoms with van der Waals surface area (Å²) in [4.78, 5) is 16.4. The van der Waals surface area contributed by atoms with Crippen molar-refractivity contribution < 1.29 is 4.79 Å². The standard InChI is InChI=1S/C22H30N2O/c1-17(2)20-6-4-19(5-7-20)16-23-12-14-24(15-13-23)22-10-8-21(9-11-22)18(3)25/h4,8-11,20H,1,5-7,12-16H2,2-3H3/t20-/m1/s1. The van der Waals surface area contributed by atoms with Gasteiger partial charge in [-0.1, -0.05) is 23.8 Å². The molecule has 1 aliphatic heterocycles. The summed E-state index contributed by atoms with van der Waals surface area (Å²) in [7, 11) is 0. The Morgan fingerprint density at radius 3 is 2.32 bits per heavy atom. The molecule has 2 aliphatic rings. The third-order valence-electron chi connectivity index (χ3n) is 5.64. The Kier molecular flexibility index (Phi) is 5.74. The first-order valence-corrected chi connectivity index (χ1v) is 9.44. The minimum atomic E-state index is 0.131. The van der Waals surface area contributed by atoms with Crippen LogP contribution in [0, 0.1) is 5.92 Å². The smallest absolute Gasteiger partial charge is 0.159 e. The maximum absolute atomic E-state index is 11.4. The number of hydrogen-bond acceptors (Lipinski definition) is 3. The number of benzene rings is 1. The fraction of sp³-hybridized carbons (Fsp3) is 0.500. The van der Waals surface area contributed by atoms with Gasteiger partial charge in [-0.25, -0.2) is 0 Å². The van der Waals surface area contributed by atoms with Gasteiger partial charge >= 0.3 is 0 Å². The number of allylic oxidation sites excluding steroid dienone is 2. The molecule has 0 saturated carbocycles. The van der Waals surface area contributed by atoms with Gasteiger partial charge in [0.1, 0.15) is 0 Å². The SMILES string of the molecule is C=C(C)[C@@H]1CC=C(CN2CCN(c3ccc(C(C)=O)cc3)CC2)CC1. The van der Waals surface area contributed by atoms with E-state index in [2.05, 4.69) is 41.5 Å². The second-order valence-electron chi connectivity index (χ2n) is 7.55. The van der Waals surface area contributed by atoms with Gasteiger partial charge < -0.3 is 4.90 Å². The summed E-state index contributed by atoms with van der Waals surface area (Å²) in [5.41, 5.74) is 4.96. The Bertz CT molecular complexity index is 651. The van der Waals surface area contributed by atoms with Crippen molar-refractivity contribution in [1.29, 1.82) is 0 Å². The molecule has 0 aromatic heterocycles. The molecule has 0 unspecified atom stereocenters. The van der Waals surface area contributed by atoms with Crippen molar-refractivity contribution in [3.8, 4) is 0 Å². The molecule has 0 radical (unpaired) electrons. The van der Waals surface area contributed by atoms with E-state index in [-0.39, 0.29) is 5.78 Å². The first-order valence-electron chi connectivity index (χ1n) is 9.44. The lowest BCUT2D eigenvalue weighted by atomic mass is 9.85. The molecular formula is C22H30N2O. The highest BCUT2D eigenvalue weighted by Crippen LogP contribution is 2.28. The van der Waals surface area contributed by atoms with E-state index in [0.29, 0.717) is 5.92 Å². The quantitative estimate of drug-likeness (QED) is 0.590. The number of hydrogen-bond donors (Lipinski definition) is 0. The van der Waals surface area contributed by atoms with Crippen molar-refractivity contribution in [1.82, 2.24) is 4.90 Å². The van der Waals surface area contributed by atoms with Crippen LogP contribution in [0.25, 0.3) is 0 Å². The fourth-order valence-corrected chi connectivity index (χ4v) is 3.84. The van der Waals surface area contributed by atoms with Crippen molar-refractivity contribution in [2.75, 3.05) is 37.6 Å². The van der Waals surface area contributed by atoms with Crippen LogP contribution in [0.4, 0.5) is 5.69 Å². The van der Waals surface area contributed by atoms with Crippen molar-refractivity contribution in [2.45, 2.75) is 33.1 Å². The highest BCUT2D eigenvalue weighted by atomic mass is 16.1. The molecule has 134 valence electrons. The predicted octanol–water partition coefficient (Wildman–Crippen LogP) is 4.31. The number of ketones is 1. The highest BCUT2D eigenvalue weighted by Gasteiger charge is 2.20. The molecule has 0 N–H and O–H groups in total. The lowest BCUT2D eigenvalue weighted by Crippen LogP contribution is -2.47. The van der Waals surface area contributed by atoms with E-state index in [9.17, 15) is 4.79 Å². The van der Waals surface area contributed by atoms with E-state index in [1.165, 1.54) is 30.5 Å². The molecule has 1 heterocycles. The maximum atomic E-state index is 11.4. The van der Waals surface area contributed by atoms with Gasteiger partial charge in [-0.05, 0) is 63.3 Å². The largest absolute Gasteiger partial charge is 0.369 e. The molecule has 1 aromatic carbocycles. The van der Waals surface area contributed by atoms with Crippen molar-refractivity contribution in [2.24, 2.45) is 5.92 Å². The lowest BCUT2D eigenvalue weighted by Gasteiger charge is -2.37. The average molecular weight is 338 g/mol. The number of Topliss-reactive ketones (excluding diaryl/α,β-unsaturated/α-hetero) is 1. The summed E-state index contributed by atoms with van der Waals surface area (Å²) in [6.45, 7) is 13.3. The first-order chi connectivity index (χ1) is 12.0. The second kappa shape index (κ2) is 8.01. The van der Waals surface area contributed by atoms with Gasteiger partial charge in [0, 0.05) is 44.0 Å². The highest BCUT2D eigenvalue weighted by molar-refractivity contribution is 5.94. The van der Waals surface area contributed by atoms with Crippen LogP contribution in [0.2, 0.25) is 0 Å². The number of carbonyl (C=O) groups is 1. The van der Waals surface area contributed by atoms with E-state index >= 15 is 0 Å². The van der Waals surface area contributed by atoms with Crippen molar-refractivity contribution in [3.63, 3.8) is 0 Å². The van der Waals surface area contributed by atoms with Crippen LogP contribution in [0.1, 0.15) is 43.5 Å². The molecule has 1 aromatic rings. The summed E-state index contributed by atoms with van der Waals surface area (Å²) in [6.07, 6.45) is 6.12. The zero-order valence-corrected chi connectivity index (χ0v) is 15.6. The molecule has 3 rings (SSSR count). The normalized spacial score (nSPS) is 21.8. The summed E-state index contributed by atoms with van der Waals surface area (Å²) in [6, 6.07) is 8.03. The minimum absolute atomic E-state index is 0.131. The molecule has 25 heavy (non-hydrogen) atoms. The minimum Gasteiger partial charge on any atom is -0.369 e. The molecule has 1 atom stereocenters. The van der Waals surface area contributed by atoms with Crippen molar-refractivity contribution in [3.05, 3.63) is 53.6 Å². The number of rotatable bonds is 5. The molecule has 3 heteroatoms. The van der Waals surface area contributed by atoms with Gasteiger partial charge in [0.05, 0.1) is 0 Å². The van der Waals surface area contributed by atoms with Crippen LogP contribution < -0.4 is 4.90 Å². The van der Waals surface area contributed by atoms with Gasteiger partial charge in [-0.2, -0.15) is 0 Å². The van der Waals surface area contributed by atoms with Crippen LogP contribution in [0.3, 0.4) is 0 Å². The molecule has 0 spiro atoms. The summed E-state index contributed by atoms with van der Waals surface area (Å²) >= 11 is 0. The Labute approximate surface area is 152 Å². The van der Waals surface area contributed by atoms with E-state index in [1.807, 2.05) is 12.1 Å². The number of piperazine rings is 1. The Hall–Kier alpha value is -1.87. The van der Waals surface area contributed by atoms with Crippen LogP contribution >= 0.6 is 0 Å². The van der Waals surface area contributed by atoms with Crippen molar-refractivity contribution >= 4 is 11.5 Å². The molecule has 3 nitrogen and oxygen atoms in total. The molecule has 1 aliphatic carbocycles. The van der Waals surface area contributed by atoms with Gasteiger partial charge in [-0.3, -0.25) is 9.69 Å². The van der Waals surface area contributed by atoms with Gasteiger partial charge in [-0.15, -0.1) is 0 Å². The third kappa shape index (κ3) is 4.60. The Morgan fingerprint density at radius 2 is 1.80 bits per heavy atom. The molecule has 0 amide bonds. The van der Waals surface area contributed by atoms with E-state index < -0.39 is 0 Å². The summed E-state index contributed by atoms with van der Waals surface area (Å²) in [5.74, 6) is 0.824. The molecule has 1 saturated heterocycles. The van der Waals surface area contributed by atoms with Gasteiger partial charge in [0.15, 0.2) is 5.78 Å². The van der Waals surface area contributed by atoms with Crippen LogP contribution in [0.5, 0.6) is 0 Å². The van der Waals surface area contributed by atoms with E-state index in [0.717, 1.165) is 38.3 Å². The van der Waals surface area contributed by atoms with E-state index in [1.54, 1.807) is 12.5 Å². The Balaban J connectivity index is 1.49. The maximum Gasteiger partial charge on any atom is 0.159 e. The number of carbonyl (C=O) groups excluding carboxylic acids is 1. The summed E-state index contributed by atoms with van der Waals surface area (Å²) < 4.78 is 0. The average Bonchev–Trinajstić information content (AvgIpc) is 2.63. The fourth-order valence-electron chi connectivity index (χ4n) is 3.84. The Morgan fingerprint density at radius 1 is 1.12 bits per heavy atom. The lowest BCUT2D eigenvalue weighted by molar-refractivity contribution is 0.101. The zero-order valence-electron chi connectivity index (χ0n) is 15.6. The zero-order chi connectivity index (χ0) is 17.8. The number of nitrogens with zero attached hydrogens (tertiary/aromatic N) is 2. The first kappa shape index (κ1) is 17.9. The molecule has 1 fully saturated rings. The molecule has 0 bridgehead atoms. The third-order valence-corrected chi connectivity index (χ3v) is 5.64. The van der Waals surface area contributed by atoms with Gasteiger partial charge in [0.25, 0.3) is 0 Å². The van der Waals surface area contributed by atoms with Gasteiger partial charge in [0.2, 0.25) is 0 Å². The van der Waals surface area contributed by atoms with E-state index in [4.69, 9.17) is 0 Å². The monoisotopic (exact) mass is 338 g/mol. The molecular weight excluding hydrogens is 308 g/mol. The second-order valence-corrected chi connectivity index (χ2v) is 7.55. The number of anilines is 1. The topological polar surface area (TPSA) is 23.6 Å².